The second-order valence-corrected chi connectivity index (χ2v) is 5.57. The Morgan fingerprint density at radius 1 is 1.10 bits per heavy atom. The molecule has 2 aromatic rings. The molecule has 0 atom stereocenters. The van der Waals surface area contributed by atoms with E-state index in [9.17, 15) is 17.6 Å². The number of hydrogen-bond acceptors (Lipinski definition) is 1. The molecule has 0 bridgehead atoms. The number of nitrogens with one attached hydrogen (secondary N) is 1. The van der Waals surface area contributed by atoms with Gasteiger partial charge in [-0.3, -0.25) is 0 Å². The zero-order valence-electron chi connectivity index (χ0n) is 10.4. The van der Waals surface area contributed by atoms with Gasteiger partial charge in [0.05, 0.1) is 5.56 Å². The van der Waals surface area contributed by atoms with Crippen LogP contribution in [-0.4, -0.2) is 0 Å². The molecule has 2 rings (SSSR count). The molecule has 0 fully saturated rings. The maximum absolute atomic E-state index is 13.1. The molecule has 0 heterocycles. The molecule has 0 aromatic heterocycles. The van der Waals surface area contributed by atoms with Gasteiger partial charge in [-0.1, -0.05) is 27.5 Å². The number of anilines is 1. The standard InChI is InChI=1S/C14H9BrClF4N/c15-12-3-2-10(17)5-8(12)7-21-13-4-1-9(16)6-11(13)14(18,19)20/h1-6,21H,7H2. The van der Waals surface area contributed by atoms with Crippen LogP contribution < -0.4 is 5.32 Å². The molecule has 0 unspecified atom stereocenters. The topological polar surface area (TPSA) is 12.0 Å². The van der Waals surface area contributed by atoms with Gasteiger partial charge in [-0.2, -0.15) is 13.2 Å². The fraction of sp³-hybridized carbons (Fsp3) is 0.143. The minimum absolute atomic E-state index is 0.000175. The molecule has 0 spiro atoms. The highest BCUT2D eigenvalue weighted by molar-refractivity contribution is 9.10. The van der Waals surface area contributed by atoms with Crippen molar-refractivity contribution in [1.29, 1.82) is 0 Å². The summed E-state index contributed by atoms with van der Waals surface area (Å²) < 4.78 is 52.5. The fourth-order valence-electron chi connectivity index (χ4n) is 1.77. The minimum atomic E-state index is -4.52. The lowest BCUT2D eigenvalue weighted by Crippen LogP contribution is -2.11. The molecule has 0 aliphatic rings. The molecule has 0 aliphatic carbocycles. The molecule has 0 aliphatic heterocycles. The summed E-state index contributed by atoms with van der Waals surface area (Å²) in [5, 5.41) is 2.66. The fourth-order valence-corrected chi connectivity index (χ4v) is 2.33. The SMILES string of the molecule is Fc1ccc(Br)c(CNc2ccc(Cl)cc2C(F)(F)F)c1. The third-order valence-corrected chi connectivity index (χ3v) is 3.77. The average molecular weight is 383 g/mol. The molecule has 0 radical (unpaired) electrons. The second kappa shape index (κ2) is 6.23. The molecule has 7 heteroatoms. The first-order valence-corrected chi connectivity index (χ1v) is 6.99. The predicted octanol–water partition coefficient (Wildman–Crippen LogP) is 5.87. The van der Waals surface area contributed by atoms with Crippen molar-refractivity contribution in [3.05, 3.63) is 62.8 Å². The van der Waals surface area contributed by atoms with Crippen LogP contribution in [0.2, 0.25) is 5.02 Å². The number of hydrogen-bond donors (Lipinski definition) is 1. The van der Waals surface area contributed by atoms with E-state index in [4.69, 9.17) is 11.6 Å². The molecule has 2 aromatic carbocycles. The van der Waals surface area contributed by atoms with Crippen molar-refractivity contribution in [3.8, 4) is 0 Å². The third-order valence-electron chi connectivity index (χ3n) is 2.76. The van der Waals surface area contributed by atoms with E-state index in [0.29, 0.717) is 10.0 Å². The molecular weight excluding hydrogens is 374 g/mol. The third kappa shape index (κ3) is 4.11. The molecule has 112 valence electrons. The molecule has 1 N–H and O–H groups in total. The summed E-state index contributed by atoms with van der Waals surface area (Å²) in [7, 11) is 0. The first-order chi connectivity index (χ1) is 9.77. The van der Waals surface area contributed by atoms with Gasteiger partial charge in [-0.05, 0) is 42.0 Å². The van der Waals surface area contributed by atoms with Crippen LogP contribution in [0.15, 0.2) is 40.9 Å². The Bertz CT molecular complexity index is 658. The van der Waals surface area contributed by atoms with E-state index in [2.05, 4.69) is 21.2 Å². The summed E-state index contributed by atoms with van der Waals surface area (Å²) in [4.78, 5) is 0. The van der Waals surface area contributed by atoms with Gasteiger partial charge in [0, 0.05) is 21.7 Å². The van der Waals surface area contributed by atoms with Crippen LogP contribution in [0.4, 0.5) is 23.2 Å². The van der Waals surface area contributed by atoms with Crippen molar-refractivity contribution in [2.45, 2.75) is 12.7 Å². The van der Waals surface area contributed by atoms with Gasteiger partial charge in [0.25, 0.3) is 0 Å². The van der Waals surface area contributed by atoms with Crippen molar-refractivity contribution in [2.75, 3.05) is 5.32 Å². The Kier molecular flexibility index (Phi) is 4.78. The van der Waals surface area contributed by atoms with Crippen LogP contribution in [0.3, 0.4) is 0 Å². The van der Waals surface area contributed by atoms with Gasteiger partial charge < -0.3 is 5.32 Å². The predicted molar refractivity (Wildman–Crippen MR) is 77.9 cm³/mol. The Hall–Kier alpha value is -1.27. The van der Waals surface area contributed by atoms with E-state index in [1.54, 1.807) is 0 Å². The van der Waals surface area contributed by atoms with Crippen molar-refractivity contribution in [1.82, 2.24) is 0 Å². The van der Waals surface area contributed by atoms with E-state index in [1.807, 2.05) is 0 Å². The minimum Gasteiger partial charge on any atom is -0.380 e. The summed E-state index contributed by atoms with van der Waals surface area (Å²) in [5.74, 6) is -0.456. The average Bonchev–Trinajstić information content (AvgIpc) is 2.40. The lowest BCUT2D eigenvalue weighted by atomic mass is 10.1. The van der Waals surface area contributed by atoms with Gasteiger partial charge in [-0.25, -0.2) is 4.39 Å². The molecule has 21 heavy (non-hydrogen) atoms. The van der Waals surface area contributed by atoms with Crippen LogP contribution in [0.5, 0.6) is 0 Å². The molecule has 0 saturated heterocycles. The first kappa shape index (κ1) is 16.1. The Morgan fingerprint density at radius 2 is 1.81 bits per heavy atom. The molecule has 1 nitrogen and oxygen atoms in total. The first-order valence-electron chi connectivity index (χ1n) is 5.82. The number of halogens is 6. The smallest absolute Gasteiger partial charge is 0.380 e. The Labute approximate surface area is 132 Å². The quantitative estimate of drug-likeness (QED) is 0.654. The summed E-state index contributed by atoms with van der Waals surface area (Å²) in [6.45, 7) is 0.0447. The van der Waals surface area contributed by atoms with Crippen LogP contribution >= 0.6 is 27.5 Å². The highest BCUT2D eigenvalue weighted by Gasteiger charge is 2.33. The summed E-state index contributed by atoms with van der Waals surface area (Å²) in [5.41, 5.74) is -0.455. The van der Waals surface area contributed by atoms with Gasteiger partial charge in [-0.15, -0.1) is 0 Å². The van der Waals surface area contributed by atoms with Crippen LogP contribution in [0, 0.1) is 5.82 Å². The lowest BCUT2D eigenvalue weighted by Gasteiger charge is -2.15. The van der Waals surface area contributed by atoms with Crippen LogP contribution in [0.25, 0.3) is 0 Å². The second-order valence-electron chi connectivity index (χ2n) is 4.28. The van der Waals surface area contributed by atoms with E-state index >= 15 is 0 Å². The number of alkyl halides is 3. The van der Waals surface area contributed by atoms with E-state index in [-0.39, 0.29) is 17.3 Å². The monoisotopic (exact) mass is 381 g/mol. The number of benzene rings is 2. The van der Waals surface area contributed by atoms with Gasteiger partial charge >= 0.3 is 6.18 Å². The van der Waals surface area contributed by atoms with E-state index < -0.39 is 17.6 Å². The van der Waals surface area contributed by atoms with Crippen LogP contribution in [-0.2, 0) is 12.7 Å². The maximum atomic E-state index is 13.1. The Balaban J connectivity index is 2.26. The normalized spacial score (nSPS) is 11.5. The zero-order valence-corrected chi connectivity index (χ0v) is 12.8. The summed E-state index contributed by atoms with van der Waals surface area (Å²) in [6.07, 6.45) is -4.52. The Morgan fingerprint density at radius 3 is 2.48 bits per heavy atom. The largest absolute Gasteiger partial charge is 0.418 e. The van der Waals surface area contributed by atoms with Crippen molar-refractivity contribution >= 4 is 33.2 Å². The van der Waals surface area contributed by atoms with E-state index in [1.165, 1.54) is 30.3 Å². The van der Waals surface area contributed by atoms with Gasteiger partial charge in [0.2, 0.25) is 0 Å². The molecular formula is C14H9BrClF4N. The summed E-state index contributed by atoms with van der Waals surface area (Å²) >= 11 is 8.82. The van der Waals surface area contributed by atoms with Crippen molar-refractivity contribution < 1.29 is 17.6 Å². The highest BCUT2D eigenvalue weighted by Crippen LogP contribution is 2.36. The lowest BCUT2D eigenvalue weighted by molar-refractivity contribution is -0.136. The van der Waals surface area contributed by atoms with E-state index in [0.717, 1.165) is 6.07 Å². The maximum Gasteiger partial charge on any atom is 0.418 e. The van der Waals surface area contributed by atoms with Crippen LogP contribution in [0.1, 0.15) is 11.1 Å². The van der Waals surface area contributed by atoms with Gasteiger partial charge in [0.1, 0.15) is 5.82 Å². The summed E-state index contributed by atoms with van der Waals surface area (Å²) in [6, 6.07) is 7.47. The molecule has 0 saturated carbocycles. The van der Waals surface area contributed by atoms with Gasteiger partial charge in [0.15, 0.2) is 0 Å². The number of rotatable bonds is 3. The van der Waals surface area contributed by atoms with Crippen molar-refractivity contribution in [2.24, 2.45) is 0 Å². The zero-order chi connectivity index (χ0) is 15.6. The highest BCUT2D eigenvalue weighted by atomic mass is 79.9. The van der Waals surface area contributed by atoms with Crippen molar-refractivity contribution in [3.63, 3.8) is 0 Å². The molecule has 0 amide bonds.